The molecule has 7 heteroatoms. The average Bonchev–Trinajstić information content (AvgIpc) is 2.56. The first-order valence-corrected chi connectivity index (χ1v) is 8.22. The molecule has 0 bridgehead atoms. The molecule has 2 rings (SSSR count). The summed E-state index contributed by atoms with van der Waals surface area (Å²) in [4.78, 5) is 23.6. The van der Waals surface area contributed by atoms with Crippen LogP contribution >= 0.6 is 15.9 Å². The molecule has 0 aliphatic heterocycles. The third-order valence-electron chi connectivity index (χ3n) is 3.38. The van der Waals surface area contributed by atoms with Crippen LogP contribution in [0.3, 0.4) is 0 Å². The van der Waals surface area contributed by atoms with Crippen LogP contribution in [0.1, 0.15) is 11.1 Å². The van der Waals surface area contributed by atoms with Crippen molar-refractivity contribution in [3.05, 3.63) is 57.8 Å². The summed E-state index contributed by atoms with van der Waals surface area (Å²) in [6, 6.07) is 9.55. The highest BCUT2D eigenvalue weighted by atomic mass is 79.9. The first-order chi connectivity index (χ1) is 11.9. The fourth-order valence-corrected chi connectivity index (χ4v) is 2.43. The number of esters is 1. The van der Waals surface area contributed by atoms with Crippen LogP contribution in [-0.4, -0.2) is 25.6 Å². The van der Waals surface area contributed by atoms with Crippen LogP contribution < -0.4 is 10.1 Å². The fourth-order valence-electron chi connectivity index (χ4n) is 2.05. The number of methoxy groups -OCH3 is 1. The van der Waals surface area contributed by atoms with Crippen LogP contribution in [0.25, 0.3) is 0 Å². The summed E-state index contributed by atoms with van der Waals surface area (Å²) in [6.07, 6.45) is -0.135. The van der Waals surface area contributed by atoms with E-state index in [9.17, 15) is 14.0 Å². The first kappa shape index (κ1) is 18.9. The van der Waals surface area contributed by atoms with Gasteiger partial charge in [-0.1, -0.05) is 28.1 Å². The molecule has 0 radical (unpaired) electrons. The number of ether oxygens (including phenoxy) is 2. The summed E-state index contributed by atoms with van der Waals surface area (Å²) >= 11 is 3.38. The van der Waals surface area contributed by atoms with Gasteiger partial charge >= 0.3 is 5.97 Å². The summed E-state index contributed by atoms with van der Waals surface area (Å²) in [6.45, 7) is 1.52. The van der Waals surface area contributed by atoms with E-state index in [1.807, 2.05) is 13.0 Å². The molecule has 25 heavy (non-hydrogen) atoms. The number of halogens is 2. The van der Waals surface area contributed by atoms with E-state index >= 15 is 0 Å². The lowest BCUT2D eigenvalue weighted by atomic mass is 10.1. The van der Waals surface area contributed by atoms with Gasteiger partial charge in [0.2, 0.25) is 0 Å². The van der Waals surface area contributed by atoms with Crippen molar-refractivity contribution >= 4 is 33.5 Å². The largest absolute Gasteiger partial charge is 0.494 e. The third kappa shape index (κ3) is 5.56. The molecule has 0 heterocycles. The number of amides is 1. The van der Waals surface area contributed by atoms with Gasteiger partial charge in [-0.3, -0.25) is 9.59 Å². The van der Waals surface area contributed by atoms with Crippen molar-refractivity contribution in [3.63, 3.8) is 0 Å². The van der Waals surface area contributed by atoms with Crippen molar-refractivity contribution in [2.45, 2.75) is 13.3 Å². The summed E-state index contributed by atoms with van der Waals surface area (Å²) in [5, 5.41) is 2.63. The van der Waals surface area contributed by atoms with E-state index in [1.54, 1.807) is 18.2 Å². The zero-order chi connectivity index (χ0) is 18.4. The predicted octanol–water partition coefficient (Wildman–Crippen LogP) is 3.63. The van der Waals surface area contributed by atoms with Gasteiger partial charge in [0.1, 0.15) is 0 Å². The number of carbonyl (C=O) groups is 2. The SMILES string of the molecule is COc1ccc(CC(=O)OCC(=O)Nc2ccc(C)c(Br)c2)cc1F. The van der Waals surface area contributed by atoms with Gasteiger partial charge in [-0.15, -0.1) is 0 Å². The third-order valence-corrected chi connectivity index (χ3v) is 4.24. The quantitative estimate of drug-likeness (QED) is 0.739. The van der Waals surface area contributed by atoms with Crippen LogP contribution in [0.15, 0.2) is 40.9 Å². The van der Waals surface area contributed by atoms with Crippen LogP contribution in [0.5, 0.6) is 5.75 Å². The number of benzene rings is 2. The van der Waals surface area contributed by atoms with Gasteiger partial charge in [0.15, 0.2) is 18.2 Å². The lowest BCUT2D eigenvalue weighted by Crippen LogP contribution is -2.21. The number of rotatable bonds is 6. The summed E-state index contributed by atoms with van der Waals surface area (Å²) in [5.74, 6) is -1.54. The van der Waals surface area contributed by atoms with Gasteiger partial charge in [-0.2, -0.15) is 0 Å². The minimum absolute atomic E-state index is 0.0979. The number of nitrogens with one attached hydrogen (secondary N) is 1. The minimum Gasteiger partial charge on any atom is -0.494 e. The zero-order valence-corrected chi connectivity index (χ0v) is 15.4. The van der Waals surface area contributed by atoms with Crippen molar-refractivity contribution < 1.29 is 23.5 Å². The van der Waals surface area contributed by atoms with Crippen LogP contribution in [0, 0.1) is 12.7 Å². The van der Waals surface area contributed by atoms with Crippen molar-refractivity contribution in [3.8, 4) is 5.75 Å². The molecule has 1 N–H and O–H groups in total. The Morgan fingerprint density at radius 2 is 1.96 bits per heavy atom. The lowest BCUT2D eigenvalue weighted by molar-refractivity contribution is -0.146. The van der Waals surface area contributed by atoms with Crippen LogP contribution in [0.4, 0.5) is 10.1 Å². The molecule has 0 spiro atoms. The Balaban J connectivity index is 1.83. The Labute approximate surface area is 153 Å². The molecule has 0 aliphatic rings. The Kier molecular flexibility index (Phi) is 6.52. The maximum atomic E-state index is 13.6. The van der Waals surface area contributed by atoms with Crippen molar-refractivity contribution in [1.82, 2.24) is 0 Å². The number of carbonyl (C=O) groups excluding carboxylic acids is 2. The van der Waals surface area contributed by atoms with E-state index < -0.39 is 24.3 Å². The van der Waals surface area contributed by atoms with Gasteiger partial charge in [0.05, 0.1) is 13.5 Å². The zero-order valence-electron chi connectivity index (χ0n) is 13.8. The number of aryl methyl sites for hydroxylation is 1. The maximum absolute atomic E-state index is 13.6. The maximum Gasteiger partial charge on any atom is 0.310 e. The van der Waals surface area contributed by atoms with E-state index in [0.29, 0.717) is 11.3 Å². The van der Waals surface area contributed by atoms with Gasteiger partial charge in [0, 0.05) is 10.2 Å². The molecule has 2 aromatic carbocycles. The molecular formula is C18H17BrFNO4. The topological polar surface area (TPSA) is 64.6 Å². The fraction of sp³-hybridized carbons (Fsp3) is 0.222. The summed E-state index contributed by atoms with van der Waals surface area (Å²) < 4.78 is 24.2. The molecular weight excluding hydrogens is 393 g/mol. The molecule has 0 saturated heterocycles. The minimum atomic E-state index is -0.621. The standard InChI is InChI=1S/C18H17BrFNO4/c1-11-3-5-13(9-14(11)19)21-17(22)10-25-18(23)8-12-4-6-16(24-2)15(20)7-12/h3-7,9H,8,10H2,1-2H3,(H,21,22). The van der Waals surface area contributed by atoms with E-state index in [-0.39, 0.29) is 12.2 Å². The molecule has 0 fully saturated rings. The molecule has 5 nitrogen and oxygen atoms in total. The molecule has 0 aliphatic carbocycles. The van der Waals surface area contributed by atoms with Gasteiger partial charge < -0.3 is 14.8 Å². The normalized spacial score (nSPS) is 10.2. The highest BCUT2D eigenvalue weighted by Crippen LogP contribution is 2.20. The first-order valence-electron chi connectivity index (χ1n) is 7.43. The summed E-state index contributed by atoms with van der Waals surface area (Å²) in [5.41, 5.74) is 2.07. The second-order valence-corrected chi connectivity index (χ2v) is 6.17. The highest BCUT2D eigenvalue weighted by Gasteiger charge is 2.11. The average molecular weight is 410 g/mol. The van der Waals surface area contributed by atoms with Gasteiger partial charge in [-0.05, 0) is 42.3 Å². The number of hydrogen-bond acceptors (Lipinski definition) is 4. The number of hydrogen-bond donors (Lipinski definition) is 1. The molecule has 2 aromatic rings. The molecule has 0 atom stereocenters. The Morgan fingerprint density at radius 3 is 2.60 bits per heavy atom. The van der Waals surface area contributed by atoms with Crippen molar-refractivity contribution in [2.24, 2.45) is 0 Å². The van der Waals surface area contributed by atoms with Crippen LogP contribution in [0.2, 0.25) is 0 Å². The smallest absolute Gasteiger partial charge is 0.310 e. The second kappa shape index (κ2) is 8.62. The Bertz CT molecular complexity index is 795. The molecule has 0 aromatic heterocycles. The van der Waals surface area contributed by atoms with Crippen LogP contribution in [-0.2, 0) is 20.7 Å². The summed E-state index contributed by atoms with van der Waals surface area (Å²) in [7, 11) is 1.36. The second-order valence-electron chi connectivity index (χ2n) is 5.32. The molecule has 132 valence electrons. The van der Waals surface area contributed by atoms with E-state index in [4.69, 9.17) is 9.47 Å². The highest BCUT2D eigenvalue weighted by molar-refractivity contribution is 9.10. The van der Waals surface area contributed by atoms with Gasteiger partial charge in [-0.25, -0.2) is 4.39 Å². The lowest BCUT2D eigenvalue weighted by Gasteiger charge is -2.08. The molecule has 0 unspecified atom stereocenters. The Morgan fingerprint density at radius 1 is 1.20 bits per heavy atom. The van der Waals surface area contributed by atoms with Gasteiger partial charge in [0.25, 0.3) is 5.91 Å². The van der Waals surface area contributed by atoms with E-state index in [2.05, 4.69) is 21.2 Å². The van der Waals surface area contributed by atoms with Crippen molar-refractivity contribution in [2.75, 3.05) is 19.0 Å². The Hall–Kier alpha value is -2.41. The van der Waals surface area contributed by atoms with E-state index in [1.165, 1.54) is 19.2 Å². The number of anilines is 1. The predicted molar refractivity (Wildman–Crippen MR) is 95.1 cm³/mol. The monoisotopic (exact) mass is 409 g/mol. The molecule has 1 amide bonds. The molecule has 0 saturated carbocycles. The van der Waals surface area contributed by atoms with E-state index in [0.717, 1.165) is 10.0 Å². The van der Waals surface area contributed by atoms with Crippen molar-refractivity contribution in [1.29, 1.82) is 0 Å².